The second kappa shape index (κ2) is 11.2. The van der Waals surface area contributed by atoms with Gasteiger partial charge in [-0.25, -0.2) is 4.98 Å². The van der Waals surface area contributed by atoms with Crippen LogP contribution in [0.15, 0.2) is 59.0 Å². The summed E-state index contributed by atoms with van der Waals surface area (Å²) < 4.78 is 5.83. The maximum atomic E-state index is 12.6. The summed E-state index contributed by atoms with van der Waals surface area (Å²) in [6, 6.07) is 17.2. The summed E-state index contributed by atoms with van der Waals surface area (Å²) in [7, 11) is 0. The zero-order chi connectivity index (χ0) is 25.7. The molecule has 188 valence electrons. The van der Waals surface area contributed by atoms with E-state index in [1.54, 1.807) is 11.8 Å². The molecule has 1 saturated heterocycles. The standard InChI is InChI=1S/C28H32N4O4/c1-18(2)12-25(33)30-23-11-7-10-21(13-23)28-31-24(19(3)36-28)15-29-26(34)17-32-16-22(14-27(32)35)20-8-5-4-6-9-20/h4-11,13,18,22H,12,14-17H2,1-3H3,(H,29,34)(H,30,33). The molecule has 8 nitrogen and oxygen atoms in total. The molecule has 0 aliphatic carbocycles. The maximum Gasteiger partial charge on any atom is 0.239 e. The van der Waals surface area contributed by atoms with Crippen molar-refractivity contribution < 1.29 is 18.8 Å². The number of aromatic nitrogens is 1. The molecule has 0 radical (unpaired) electrons. The number of benzene rings is 2. The highest BCUT2D eigenvalue weighted by Crippen LogP contribution is 2.28. The molecule has 3 aromatic rings. The lowest BCUT2D eigenvalue weighted by Crippen LogP contribution is -2.37. The van der Waals surface area contributed by atoms with Gasteiger partial charge in [-0.15, -0.1) is 0 Å². The number of likely N-dealkylation sites (tertiary alicyclic amines) is 1. The van der Waals surface area contributed by atoms with E-state index in [0.717, 1.165) is 11.1 Å². The number of carbonyl (C=O) groups excluding carboxylic acids is 3. The molecule has 1 aliphatic heterocycles. The van der Waals surface area contributed by atoms with Gasteiger partial charge in [-0.3, -0.25) is 14.4 Å². The minimum absolute atomic E-state index is 0.0146. The molecular formula is C28H32N4O4. The second-order valence-electron chi connectivity index (χ2n) is 9.61. The Morgan fingerprint density at radius 1 is 1.11 bits per heavy atom. The van der Waals surface area contributed by atoms with Gasteiger partial charge in [0.15, 0.2) is 0 Å². The third-order valence-corrected chi connectivity index (χ3v) is 6.15. The van der Waals surface area contributed by atoms with Crippen LogP contribution in [0.25, 0.3) is 11.5 Å². The van der Waals surface area contributed by atoms with Crippen LogP contribution in [0.2, 0.25) is 0 Å². The molecular weight excluding hydrogens is 456 g/mol. The van der Waals surface area contributed by atoms with Crippen LogP contribution in [0.1, 0.15) is 49.6 Å². The number of carbonyl (C=O) groups is 3. The minimum atomic E-state index is -0.240. The van der Waals surface area contributed by atoms with Crippen molar-refractivity contribution in [3.8, 4) is 11.5 Å². The minimum Gasteiger partial charge on any atom is -0.441 e. The fourth-order valence-corrected chi connectivity index (χ4v) is 4.31. The third-order valence-electron chi connectivity index (χ3n) is 6.15. The lowest BCUT2D eigenvalue weighted by atomic mass is 9.99. The molecule has 0 saturated carbocycles. The Morgan fingerprint density at radius 2 is 1.89 bits per heavy atom. The number of anilines is 1. The van der Waals surface area contributed by atoms with Crippen LogP contribution < -0.4 is 10.6 Å². The van der Waals surface area contributed by atoms with Gasteiger partial charge in [0.05, 0.1) is 13.1 Å². The van der Waals surface area contributed by atoms with Crippen molar-refractivity contribution in [1.82, 2.24) is 15.2 Å². The zero-order valence-corrected chi connectivity index (χ0v) is 20.9. The van der Waals surface area contributed by atoms with Gasteiger partial charge < -0.3 is 20.0 Å². The van der Waals surface area contributed by atoms with E-state index in [0.29, 0.717) is 42.4 Å². The smallest absolute Gasteiger partial charge is 0.239 e. The number of hydrogen-bond acceptors (Lipinski definition) is 5. The SMILES string of the molecule is Cc1oc(-c2cccc(NC(=O)CC(C)C)c2)nc1CNC(=O)CN1CC(c2ccccc2)CC1=O. The Kier molecular flexibility index (Phi) is 7.83. The third kappa shape index (κ3) is 6.38. The molecule has 1 fully saturated rings. The number of oxazole rings is 1. The van der Waals surface area contributed by atoms with Crippen molar-refractivity contribution in [3.05, 3.63) is 71.6 Å². The molecule has 1 atom stereocenters. The van der Waals surface area contributed by atoms with Gasteiger partial charge in [0.2, 0.25) is 23.6 Å². The van der Waals surface area contributed by atoms with Gasteiger partial charge in [-0.1, -0.05) is 50.2 Å². The molecule has 2 N–H and O–H groups in total. The first-order chi connectivity index (χ1) is 17.3. The van der Waals surface area contributed by atoms with Gasteiger partial charge in [-0.2, -0.15) is 0 Å². The average molecular weight is 489 g/mol. The van der Waals surface area contributed by atoms with E-state index in [-0.39, 0.29) is 42.6 Å². The highest BCUT2D eigenvalue weighted by atomic mass is 16.4. The summed E-state index contributed by atoms with van der Waals surface area (Å²) >= 11 is 0. The van der Waals surface area contributed by atoms with E-state index in [1.807, 2.05) is 68.4 Å². The van der Waals surface area contributed by atoms with Crippen LogP contribution in [0.3, 0.4) is 0 Å². The Hall–Kier alpha value is -3.94. The molecule has 36 heavy (non-hydrogen) atoms. The van der Waals surface area contributed by atoms with Crippen LogP contribution in [0.5, 0.6) is 0 Å². The quantitative estimate of drug-likeness (QED) is 0.468. The van der Waals surface area contributed by atoms with Crippen molar-refractivity contribution in [3.63, 3.8) is 0 Å². The van der Waals surface area contributed by atoms with Crippen molar-refractivity contribution >= 4 is 23.4 Å². The van der Waals surface area contributed by atoms with Crippen LogP contribution in [-0.2, 0) is 20.9 Å². The van der Waals surface area contributed by atoms with Crippen LogP contribution in [-0.4, -0.2) is 40.7 Å². The number of aryl methyl sites for hydroxylation is 1. The lowest BCUT2D eigenvalue weighted by Gasteiger charge is -2.16. The molecule has 0 spiro atoms. The average Bonchev–Trinajstić information content (AvgIpc) is 3.40. The van der Waals surface area contributed by atoms with E-state index in [9.17, 15) is 14.4 Å². The fourth-order valence-electron chi connectivity index (χ4n) is 4.31. The Balaban J connectivity index is 1.33. The lowest BCUT2D eigenvalue weighted by molar-refractivity contribution is -0.133. The van der Waals surface area contributed by atoms with Gasteiger partial charge in [0, 0.05) is 36.6 Å². The van der Waals surface area contributed by atoms with Crippen LogP contribution in [0.4, 0.5) is 5.69 Å². The van der Waals surface area contributed by atoms with Crippen LogP contribution >= 0.6 is 0 Å². The zero-order valence-electron chi connectivity index (χ0n) is 20.9. The molecule has 2 heterocycles. The molecule has 4 rings (SSSR count). The number of rotatable bonds is 9. The number of nitrogens with one attached hydrogen (secondary N) is 2. The molecule has 3 amide bonds. The highest BCUT2D eigenvalue weighted by molar-refractivity contribution is 5.91. The van der Waals surface area contributed by atoms with E-state index in [4.69, 9.17) is 4.42 Å². The van der Waals surface area contributed by atoms with E-state index >= 15 is 0 Å². The molecule has 8 heteroatoms. The second-order valence-corrected chi connectivity index (χ2v) is 9.61. The Bertz CT molecular complexity index is 1240. The van der Waals surface area contributed by atoms with Gasteiger partial charge >= 0.3 is 0 Å². The predicted octanol–water partition coefficient (Wildman–Crippen LogP) is 4.27. The van der Waals surface area contributed by atoms with Crippen molar-refractivity contribution in [2.45, 2.75) is 46.1 Å². The van der Waals surface area contributed by atoms with Crippen molar-refractivity contribution in [2.24, 2.45) is 5.92 Å². The summed E-state index contributed by atoms with van der Waals surface area (Å²) in [6.45, 7) is 6.54. The van der Waals surface area contributed by atoms with E-state index in [1.165, 1.54) is 0 Å². The summed E-state index contributed by atoms with van der Waals surface area (Å²) in [4.78, 5) is 43.2. The Labute approximate surface area is 211 Å². The molecule has 1 unspecified atom stereocenters. The molecule has 0 bridgehead atoms. The predicted molar refractivity (Wildman–Crippen MR) is 137 cm³/mol. The largest absolute Gasteiger partial charge is 0.441 e. The number of hydrogen-bond donors (Lipinski definition) is 2. The van der Waals surface area contributed by atoms with Gasteiger partial charge in [-0.05, 0) is 36.6 Å². The topological polar surface area (TPSA) is 105 Å². The molecule has 1 aliphatic rings. The monoisotopic (exact) mass is 488 g/mol. The first-order valence-corrected chi connectivity index (χ1v) is 12.2. The summed E-state index contributed by atoms with van der Waals surface area (Å²) in [5.41, 5.74) is 3.13. The van der Waals surface area contributed by atoms with E-state index < -0.39 is 0 Å². The summed E-state index contributed by atoms with van der Waals surface area (Å²) in [5, 5.41) is 5.75. The number of nitrogens with zero attached hydrogens (tertiary/aromatic N) is 2. The van der Waals surface area contributed by atoms with E-state index in [2.05, 4.69) is 15.6 Å². The van der Waals surface area contributed by atoms with Crippen molar-refractivity contribution in [1.29, 1.82) is 0 Å². The van der Waals surface area contributed by atoms with Crippen molar-refractivity contribution in [2.75, 3.05) is 18.4 Å². The molecule has 2 aromatic carbocycles. The summed E-state index contributed by atoms with van der Waals surface area (Å²) in [5.74, 6) is 1.10. The molecule has 1 aromatic heterocycles. The Morgan fingerprint density at radius 3 is 2.64 bits per heavy atom. The maximum absolute atomic E-state index is 12.6. The fraction of sp³-hybridized carbons (Fsp3) is 0.357. The van der Waals surface area contributed by atoms with Crippen LogP contribution in [0, 0.1) is 12.8 Å². The number of amides is 3. The highest BCUT2D eigenvalue weighted by Gasteiger charge is 2.31. The van der Waals surface area contributed by atoms with Gasteiger partial charge in [0.1, 0.15) is 11.5 Å². The first kappa shape index (κ1) is 25.2. The first-order valence-electron chi connectivity index (χ1n) is 12.2. The van der Waals surface area contributed by atoms with Gasteiger partial charge in [0.25, 0.3) is 0 Å². The normalized spacial score (nSPS) is 15.4. The summed E-state index contributed by atoms with van der Waals surface area (Å²) in [6.07, 6.45) is 0.863.